The molecule has 0 saturated carbocycles. The van der Waals surface area contributed by atoms with Gasteiger partial charge in [-0.2, -0.15) is 0 Å². The van der Waals surface area contributed by atoms with Crippen LogP contribution >= 0.6 is 0 Å². The Morgan fingerprint density at radius 3 is 2.67 bits per heavy atom. The van der Waals surface area contributed by atoms with Crippen molar-refractivity contribution in [3.63, 3.8) is 0 Å². The fourth-order valence-electron chi connectivity index (χ4n) is 1.84. The van der Waals surface area contributed by atoms with Crippen LogP contribution in [0.15, 0.2) is 47.5 Å². The number of rotatable bonds is 4. The predicted octanol–water partition coefficient (Wildman–Crippen LogP) is 1.51. The lowest BCUT2D eigenvalue weighted by molar-refractivity contribution is 0.551. The monoisotopic (exact) mass is 243 g/mol. The number of aromatic nitrogens is 2. The van der Waals surface area contributed by atoms with Crippen LogP contribution in [-0.4, -0.2) is 9.55 Å². The largest absolute Gasteiger partial charge is 0.347 e. The van der Waals surface area contributed by atoms with E-state index in [1.165, 1.54) is 16.3 Å². The summed E-state index contributed by atoms with van der Waals surface area (Å²) in [5.74, 6) is 0. The Hall–Kier alpha value is -1.94. The molecule has 2 rings (SSSR count). The van der Waals surface area contributed by atoms with E-state index >= 15 is 0 Å². The molecule has 1 atom stereocenters. The molecule has 0 aliphatic heterocycles. The Morgan fingerprint density at radius 2 is 2.06 bits per heavy atom. The van der Waals surface area contributed by atoms with Gasteiger partial charge in [0.05, 0.1) is 0 Å². The Kier molecular flexibility index (Phi) is 3.89. The molecule has 1 unspecified atom stereocenters. The first-order valence-electron chi connectivity index (χ1n) is 6.06. The van der Waals surface area contributed by atoms with Gasteiger partial charge in [0.1, 0.15) is 0 Å². The number of aryl methyl sites for hydroxylation is 1. The average Bonchev–Trinajstić information content (AvgIpc) is 2.41. The molecule has 0 spiro atoms. The molecule has 94 valence electrons. The van der Waals surface area contributed by atoms with E-state index in [0.717, 1.165) is 12.0 Å². The molecule has 0 aliphatic carbocycles. The highest BCUT2D eigenvalue weighted by atomic mass is 16.1. The van der Waals surface area contributed by atoms with Crippen molar-refractivity contribution < 1.29 is 0 Å². The summed E-state index contributed by atoms with van der Waals surface area (Å²) in [6.07, 6.45) is 4.20. The third-order valence-electron chi connectivity index (χ3n) is 2.99. The normalized spacial score (nSPS) is 12.3. The van der Waals surface area contributed by atoms with E-state index in [4.69, 9.17) is 5.73 Å². The summed E-state index contributed by atoms with van der Waals surface area (Å²) < 4.78 is 1.53. The molecule has 0 fully saturated rings. The standard InChI is InChI=1S/C14H17N3O/c1-2-11-4-6-12(7-5-11)13(15)10-17-9-3-8-16-14(17)18/h3-9,13H,2,10,15H2,1H3. The van der Waals surface area contributed by atoms with Crippen LogP contribution in [0.2, 0.25) is 0 Å². The van der Waals surface area contributed by atoms with Crippen LogP contribution in [0.25, 0.3) is 0 Å². The first-order chi connectivity index (χ1) is 8.70. The Balaban J connectivity index is 2.14. The van der Waals surface area contributed by atoms with Crippen molar-refractivity contribution in [2.45, 2.75) is 25.9 Å². The molecule has 2 N–H and O–H groups in total. The van der Waals surface area contributed by atoms with Gasteiger partial charge in [0.2, 0.25) is 0 Å². The smallest absolute Gasteiger partial charge is 0.322 e. The van der Waals surface area contributed by atoms with Gasteiger partial charge in [0, 0.05) is 25.0 Å². The third-order valence-corrected chi connectivity index (χ3v) is 2.99. The summed E-state index contributed by atoms with van der Waals surface area (Å²) in [5.41, 5.74) is 8.15. The van der Waals surface area contributed by atoms with Crippen LogP contribution in [0, 0.1) is 0 Å². The fraction of sp³-hybridized carbons (Fsp3) is 0.286. The number of hydrogen-bond donors (Lipinski definition) is 1. The van der Waals surface area contributed by atoms with E-state index in [1.807, 2.05) is 12.1 Å². The molecule has 0 aliphatic rings. The number of benzene rings is 1. The van der Waals surface area contributed by atoms with E-state index in [9.17, 15) is 4.79 Å². The first kappa shape index (κ1) is 12.5. The zero-order valence-electron chi connectivity index (χ0n) is 10.4. The lowest BCUT2D eigenvalue weighted by Gasteiger charge is -2.13. The van der Waals surface area contributed by atoms with E-state index < -0.39 is 0 Å². The lowest BCUT2D eigenvalue weighted by atomic mass is 10.0. The second-order valence-corrected chi connectivity index (χ2v) is 4.26. The van der Waals surface area contributed by atoms with Gasteiger partial charge in [-0.25, -0.2) is 9.78 Å². The summed E-state index contributed by atoms with van der Waals surface area (Å²) in [6.45, 7) is 2.56. The van der Waals surface area contributed by atoms with E-state index in [2.05, 4.69) is 24.0 Å². The third kappa shape index (κ3) is 2.84. The Bertz CT molecular complexity index is 560. The molecule has 1 heterocycles. The van der Waals surface area contributed by atoms with Gasteiger partial charge >= 0.3 is 5.69 Å². The van der Waals surface area contributed by atoms with Crippen LogP contribution < -0.4 is 11.4 Å². The lowest BCUT2D eigenvalue weighted by Crippen LogP contribution is -2.27. The van der Waals surface area contributed by atoms with Crippen molar-refractivity contribution in [3.8, 4) is 0 Å². The molecule has 0 bridgehead atoms. The average molecular weight is 243 g/mol. The summed E-state index contributed by atoms with van der Waals surface area (Å²) >= 11 is 0. The second kappa shape index (κ2) is 5.60. The van der Waals surface area contributed by atoms with Crippen molar-refractivity contribution in [2.75, 3.05) is 0 Å². The molecular weight excluding hydrogens is 226 g/mol. The zero-order valence-corrected chi connectivity index (χ0v) is 10.4. The van der Waals surface area contributed by atoms with E-state index in [1.54, 1.807) is 12.3 Å². The minimum atomic E-state index is -0.266. The summed E-state index contributed by atoms with van der Waals surface area (Å²) in [6, 6.07) is 9.71. The van der Waals surface area contributed by atoms with Crippen molar-refractivity contribution in [1.82, 2.24) is 9.55 Å². The molecule has 4 nitrogen and oxygen atoms in total. The Labute approximate surface area is 106 Å². The maximum Gasteiger partial charge on any atom is 0.347 e. The molecule has 2 aromatic rings. The summed E-state index contributed by atoms with van der Waals surface area (Å²) in [7, 11) is 0. The molecule has 4 heteroatoms. The van der Waals surface area contributed by atoms with Gasteiger partial charge in [-0.3, -0.25) is 4.57 Å². The van der Waals surface area contributed by atoms with E-state index in [-0.39, 0.29) is 11.7 Å². The molecule has 0 amide bonds. The molecule has 18 heavy (non-hydrogen) atoms. The number of nitrogens with two attached hydrogens (primary N) is 1. The van der Waals surface area contributed by atoms with Gasteiger partial charge in [-0.15, -0.1) is 0 Å². The van der Waals surface area contributed by atoms with Crippen molar-refractivity contribution in [3.05, 3.63) is 64.3 Å². The van der Waals surface area contributed by atoms with Crippen LogP contribution in [0.3, 0.4) is 0 Å². The Morgan fingerprint density at radius 1 is 1.33 bits per heavy atom. The van der Waals surface area contributed by atoms with Gasteiger partial charge < -0.3 is 5.73 Å². The predicted molar refractivity (Wildman–Crippen MR) is 71.2 cm³/mol. The van der Waals surface area contributed by atoms with Crippen LogP contribution in [0.1, 0.15) is 24.1 Å². The minimum Gasteiger partial charge on any atom is -0.322 e. The van der Waals surface area contributed by atoms with Gasteiger partial charge in [0.15, 0.2) is 0 Å². The van der Waals surface area contributed by atoms with Gasteiger partial charge in [-0.05, 0) is 23.6 Å². The SMILES string of the molecule is CCc1ccc(C(N)Cn2cccnc2=O)cc1. The molecular formula is C14H17N3O. The zero-order chi connectivity index (χ0) is 13.0. The molecule has 0 radical (unpaired) electrons. The first-order valence-corrected chi connectivity index (χ1v) is 6.06. The number of hydrogen-bond acceptors (Lipinski definition) is 3. The quantitative estimate of drug-likeness (QED) is 0.885. The van der Waals surface area contributed by atoms with Crippen LogP contribution in [-0.2, 0) is 13.0 Å². The topological polar surface area (TPSA) is 60.9 Å². The summed E-state index contributed by atoms with van der Waals surface area (Å²) in [5, 5.41) is 0. The fourth-order valence-corrected chi connectivity index (χ4v) is 1.84. The number of nitrogens with zero attached hydrogens (tertiary/aromatic N) is 2. The molecule has 1 aromatic carbocycles. The van der Waals surface area contributed by atoms with Crippen molar-refractivity contribution in [1.29, 1.82) is 0 Å². The van der Waals surface area contributed by atoms with Crippen molar-refractivity contribution >= 4 is 0 Å². The maximum atomic E-state index is 11.5. The second-order valence-electron chi connectivity index (χ2n) is 4.26. The highest BCUT2D eigenvalue weighted by Crippen LogP contribution is 2.13. The van der Waals surface area contributed by atoms with Crippen LogP contribution in [0.5, 0.6) is 0 Å². The minimum absolute atomic E-state index is 0.196. The van der Waals surface area contributed by atoms with Crippen LogP contribution in [0.4, 0.5) is 0 Å². The van der Waals surface area contributed by atoms with Crippen molar-refractivity contribution in [2.24, 2.45) is 5.73 Å². The molecule has 0 saturated heterocycles. The van der Waals surface area contributed by atoms with Gasteiger partial charge in [0.25, 0.3) is 0 Å². The van der Waals surface area contributed by atoms with Gasteiger partial charge in [-0.1, -0.05) is 31.2 Å². The highest BCUT2D eigenvalue weighted by molar-refractivity contribution is 5.24. The molecule has 1 aromatic heterocycles. The highest BCUT2D eigenvalue weighted by Gasteiger charge is 2.07. The van der Waals surface area contributed by atoms with E-state index in [0.29, 0.717) is 6.54 Å². The summed E-state index contributed by atoms with van der Waals surface area (Å²) in [4.78, 5) is 15.2. The maximum absolute atomic E-state index is 11.5.